The summed E-state index contributed by atoms with van der Waals surface area (Å²) >= 11 is 0. The van der Waals surface area contributed by atoms with Crippen LogP contribution in [0.2, 0.25) is 0 Å². The van der Waals surface area contributed by atoms with Gasteiger partial charge in [0.1, 0.15) is 17.6 Å². The molecular weight excluding hydrogens is 368 g/mol. The predicted molar refractivity (Wildman–Crippen MR) is 107 cm³/mol. The lowest BCUT2D eigenvalue weighted by molar-refractivity contribution is -0.134. The van der Waals surface area contributed by atoms with Crippen molar-refractivity contribution in [1.29, 1.82) is 0 Å². The standard InChI is InChI=1S/C22H24N4O3/c1-15-6-8-16(9-7-15)13-25-12-4-3-5-18(25)23-19(27)14-26-20(28)22(2,17-10-11-17)24-21(26)29/h3-9,12,17H,10-11,13-14H2,1-2H3,(H,24,29). The number of imide groups is 1. The topological polar surface area (TPSA) is 83.8 Å². The number of rotatable bonds is 5. The van der Waals surface area contributed by atoms with Gasteiger partial charge in [-0.05, 0) is 50.3 Å². The Morgan fingerprint density at radius 1 is 1.17 bits per heavy atom. The molecule has 1 aromatic carbocycles. The molecule has 1 N–H and O–H groups in total. The number of aryl methyl sites for hydroxylation is 1. The van der Waals surface area contributed by atoms with E-state index in [1.165, 1.54) is 5.56 Å². The molecule has 1 saturated heterocycles. The highest BCUT2D eigenvalue weighted by molar-refractivity contribution is 6.09. The molecule has 0 spiro atoms. The molecule has 7 heteroatoms. The van der Waals surface area contributed by atoms with E-state index in [0.29, 0.717) is 12.0 Å². The number of urea groups is 1. The van der Waals surface area contributed by atoms with Gasteiger partial charge in [-0.3, -0.25) is 14.5 Å². The highest BCUT2D eigenvalue weighted by Crippen LogP contribution is 2.42. The van der Waals surface area contributed by atoms with Gasteiger partial charge in [-0.15, -0.1) is 0 Å². The van der Waals surface area contributed by atoms with Gasteiger partial charge in [0, 0.05) is 12.7 Å². The largest absolute Gasteiger partial charge is 0.328 e. The Labute approximate surface area is 169 Å². The number of carbonyl (C=O) groups excluding carboxylic acids is 3. The molecule has 29 heavy (non-hydrogen) atoms. The lowest BCUT2D eigenvalue weighted by Gasteiger charge is -2.20. The van der Waals surface area contributed by atoms with Gasteiger partial charge in [0.05, 0.1) is 0 Å². The summed E-state index contributed by atoms with van der Waals surface area (Å²) in [5.74, 6) is -0.715. The SMILES string of the molecule is Cc1ccc(Cn2ccccc2=NC(=O)CN2C(=O)NC(C)(C3CC3)C2=O)cc1. The van der Waals surface area contributed by atoms with Crippen molar-refractivity contribution in [2.24, 2.45) is 10.9 Å². The van der Waals surface area contributed by atoms with Crippen LogP contribution in [0.4, 0.5) is 4.79 Å². The van der Waals surface area contributed by atoms with Crippen molar-refractivity contribution in [3.05, 3.63) is 65.3 Å². The first-order valence-electron chi connectivity index (χ1n) is 9.79. The molecule has 2 aromatic rings. The molecule has 0 radical (unpaired) electrons. The quantitative estimate of drug-likeness (QED) is 0.790. The molecular formula is C22H24N4O3. The van der Waals surface area contributed by atoms with Gasteiger partial charge in [0.25, 0.3) is 11.8 Å². The maximum absolute atomic E-state index is 12.7. The number of amides is 4. The average molecular weight is 392 g/mol. The second-order valence-corrected chi connectivity index (χ2v) is 7.98. The summed E-state index contributed by atoms with van der Waals surface area (Å²) in [7, 11) is 0. The first-order valence-corrected chi connectivity index (χ1v) is 9.79. The Bertz CT molecular complexity index is 1040. The Hall–Kier alpha value is -3.22. The molecule has 1 aliphatic heterocycles. The van der Waals surface area contributed by atoms with E-state index in [1.807, 2.05) is 48.0 Å². The fourth-order valence-corrected chi connectivity index (χ4v) is 3.69. The third-order valence-corrected chi connectivity index (χ3v) is 5.62. The summed E-state index contributed by atoms with van der Waals surface area (Å²) < 4.78 is 1.86. The van der Waals surface area contributed by atoms with Crippen molar-refractivity contribution >= 4 is 17.8 Å². The fourth-order valence-electron chi connectivity index (χ4n) is 3.69. The zero-order valence-electron chi connectivity index (χ0n) is 16.6. The molecule has 4 amide bonds. The number of nitrogens with one attached hydrogen (secondary N) is 1. The molecule has 1 aromatic heterocycles. The number of benzene rings is 1. The van der Waals surface area contributed by atoms with Crippen molar-refractivity contribution in [2.75, 3.05) is 6.54 Å². The van der Waals surface area contributed by atoms with Crippen LogP contribution in [0.5, 0.6) is 0 Å². The minimum Gasteiger partial charge on any atom is -0.328 e. The number of carbonyl (C=O) groups is 3. The smallest absolute Gasteiger partial charge is 0.325 e. The molecule has 1 unspecified atom stereocenters. The molecule has 4 rings (SSSR count). The van der Waals surface area contributed by atoms with Crippen LogP contribution in [0, 0.1) is 12.8 Å². The van der Waals surface area contributed by atoms with Crippen LogP contribution >= 0.6 is 0 Å². The summed E-state index contributed by atoms with van der Waals surface area (Å²) in [4.78, 5) is 42.6. The van der Waals surface area contributed by atoms with Gasteiger partial charge in [0.15, 0.2) is 0 Å². The fraction of sp³-hybridized carbons (Fsp3) is 0.364. The highest BCUT2D eigenvalue weighted by Gasteiger charge is 2.56. The summed E-state index contributed by atoms with van der Waals surface area (Å²) in [5, 5.41) is 2.75. The molecule has 1 aliphatic carbocycles. The van der Waals surface area contributed by atoms with Crippen LogP contribution < -0.4 is 10.8 Å². The maximum atomic E-state index is 12.7. The Balaban J connectivity index is 1.52. The van der Waals surface area contributed by atoms with Crippen LogP contribution in [0.15, 0.2) is 53.7 Å². The monoisotopic (exact) mass is 392 g/mol. The normalized spacial score (nSPS) is 22.1. The summed E-state index contributed by atoms with van der Waals surface area (Å²) in [6.07, 6.45) is 3.68. The second kappa shape index (κ2) is 7.31. The summed E-state index contributed by atoms with van der Waals surface area (Å²) in [5.41, 5.74) is 1.86. The van der Waals surface area contributed by atoms with Gasteiger partial charge >= 0.3 is 6.03 Å². The summed E-state index contributed by atoms with van der Waals surface area (Å²) in [6, 6.07) is 13.0. The number of hydrogen-bond donors (Lipinski definition) is 1. The van der Waals surface area contributed by atoms with Gasteiger partial charge in [0.2, 0.25) is 0 Å². The molecule has 2 aliphatic rings. The number of nitrogens with zero attached hydrogens (tertiary/aromatic N) is 3. The van der Waals surface area contributed by atoms with E-state index >= 15 is 0 Å². The van der Waals surface area contributed by atoms with Crippen molar-refractivity contribution in [3.63, 3.8) is 0 Å². The third-order valence-electron chi connectivity index (χ3n) is 5.62. The minimum absolute atomic E-state index is 0.154. The van der Waals surface area contributed by atoms with Gasteiger partial charge in [-0.1, -0.05) is 35.9 Å². The maximum Gasteiger partial charge on any atom is 0.325 e. The number of hydrogen-bond acceptors (Lipinski definition) is 3. The number of aromatic nitrogens is 1. The lowest BCUT2D eigenvalue weighted by Crippen LogP contribution is -2.46. The Kier molecular flexibility index (Phi) is 4.82. The molecule has 1 saturated carbocycles. The zero-order chi connectivity index (χ0) is 20.6. The molecule has 2 fully saturated rings. The van der Waals surface area contributed by atoms with Gasteiger partial charge < -0.3 is 9.88 Å². The summed E-state index contributed by atoms with van der Waals surface area (Å²) in [6.45, 7) is 3.98. The van der Waals surface area contributed by atoms with Crippen LogP contribution in [0.25, 0.3) is 0 Å². The number of pyridine rings is 1. The van der Waals surface area contributed by atoms with Crippen molar-refractivity contribution in [2.45, 2.75) is 38.8 Å². The van der Waals surface area contributed by atoms with E-state index in [-0.39, 0.29) is 18.4 Å². The van der Waals surface area contributed by atoms with E-state index in [1.54, 1.807) is 19.1 Å². The Morgan fingerprint density at radius 2 is 1.90 bits per heavy atom. The Morgan fingerprint density at radius 3 is 2.59 bits per heavy atom. The van der Waals surface area contributed by atoms with E-state index in [2.05, 4.69) is 10.3 Å². The molecule has 7 nitrogen and oxygen atoms in total. The molecule has 0 bridgehead atoms. The van der Waals surface area contributed by atoms with Crippen LogP contribution in [-0.4, -0.2) is 39.4 Å². The highest BCUT2D eigenvalue weighted by atomic mass is 16.2. The van der Waals surface area contributed by atoms with Gasteiger partial charge in [-0.2, -0.15) is 4.99 Å². The van der Waals surface area contributed by atoms with Crippen molar-refractivity contribution in [3.8, 4) is 0 Å². The van der Waals surface area contributed by atoms with Gasteiger partial charge in [-0.25, -0.2) is 4.79 Å². The van der Waals surface area contributed by atoms with Crippen LogP contribution in [-0.2, 0) is 16.1 Å². The van der Waals surface area contributed by atoms with E-state index < -0.39 is 17.5 Å². The molecule has 2 heterocycles. The van der Waals surface area contributed by atoms with Crippen molar-refractivity contribution < 1.29 is 14.4 Å². The van der Waals surface area contributed by atoms with E-state index in [4.69, 9.17) is 0 Å². The third kappa shape index (κ3) is 3.85. The van der Waals surface area contributed by atoms with E-state index in [9.17, 15) is 14.4 Å². The first-order chi connectivity index (χ1) is 13.9. The predicted octanol–water partition coefficient (Wildman–Crippen LogP) is 1.99. The van der Waals surface area contributed by atoms with Crippen molar-refractivity contribution in [1.82, 2.24) is 14.8 Å². The lowest BCUT2D eigenvalue weighted by atomic mass is 9.96. The van der Waals surface area contributed by atoms with Crippen LogP contribution in [0.1, 0.15) is 30.9 Å². The average Bonchev–Trinajstić information content (AvgIpc) is 3.51. The molecule has 150 valence electrons. The second-order valence-electron chi connectivity index (χ2n) is 7.98. The molecule has 1 atom stereocenters. The van der Waals surface area contributed by atoms with Crippen LogP contribution in [0.3, 0.4) is 0 Å². The minimum atomic E-state index is -0.893. The van der Waals surface area contributed by atoms with E-state index in [0.717, 1.165) is 23.3 Å². The first kappa shape index (κ1) is 19.1. The zero-order valence-corrected chi connectivity index (χ0v) is 16.6.